The molecular formula is C42H40Ir2N2O4-2. The van der Waals surface area contributed by atoms with Crippen molar-refractivity contribution in [2.75, 3.05) is 0 Å². The van der Waals surface area contributed by atoms with Crippen LogP contribution in [0.5, 0.6) is 0 Å². The molecule has 0 aliphatic heterocycles. The topological polar surface area (TPSA) is 100 Å². The third-order valence-corrected chi connectivity index (χ3v) is 6.61. The first kappa shape index (κ1) is 43.4. The molecule has 8 heteroatoms. The molecule has 2 aromatic heterocycles. The summed E-state index contributed by atoms with van der Waals surface area (Å²) in [6, 6.07) is 43.1. The van der Waals surface area contributed by atoms with Crippen LogP contribution in [-0.2, 0) is 49.8 Å². The van der Waals surface area contributed by atoms with Crippen LogP contribution in [0.25, 0.3) is 44.3 Å². The fraction of sp³-hybridized carbons (Fsp3) is 0.143. The number of hydrogen-bond donors (Lipinski definition) is 2. The van der Waals surface area contributed by atoms with E-state index in [4.69, 9.17) is 15.2 Å². The smallest absolute Gasteiger partial charge is 0.155 e. The summed E-state index contributed by atoms with van der Waals surface area (Å²) in [4.78, 5) is 29.4. The molecule has 6 nitrogen and oxygen atoms in total. The molecule has 0 saturated carbocycles. The Balaban J connectivity index is 0.000000358. The largest absolute Gasteiger partial charge is 0.512 e. The molecule has 2 heterocycles. The number of aryl methyl sites for hydroxylation is 2. The number of aliphatic hydroxyl groups is 2. The predicted octanol–water partition coefficient (Wildman–Crippen LogP) is 10.1. The second kappa shape index (κ2) is 22.2. The summed E-state index contributed by atoms with van der Waals surface area (Å²) < 4.78 is 0. The molecule has 0 aliphatic rings. The third kappa shape index (κ3) is 14.5. The Morgan fingerprint density at radius 2 is 1.10 bits per heavy atom. The van der Waals surface area contributed by atoms with Gasteiger partial charge in [0, 0.05) is 57.7 Å². The van der Waals surface area contributed by atoms with Crippen molar-refractivity contribution in [2.24, 2.45) is 0 Å². The first-order valence-electron chi connectivity index (χ1n) is 15.4. The van der Waals surface area contributed by atoms with Crippen molar-refractivity contribution < 1.29 is 60.0 Å². The van der Waals surface area contributed by atoms with Crippen LogP contribution in [-0.4, -0.2) is 31.7 Å². The summed E-state index contributed by atoms with van der Waals surface area (Å²) >= 11 is 0. The average molecular weight is 1020 g/mol. The van der Waals surface area contributed by atoms with E-state index >= 15 is 0 Å². The van der Waals surface area contributed by atoms with Crippen molar-refractivity contribution in [3.8, 4) is 22.5 Å². The maximum absolute atomic E-state index is 10.0. The van der Waals surface area contributed by atoms with Crippen LogP contribution in [0.15, 0.2) is 133 Å². The van der Waals surface area contributed by atoms with Crippen molar-refractivity contribution in [3.63, 3.8) is 0 Å². The zero-order chi connectivity index (χ0) is 35.1. The second-order valence-electron chi connectivity index (χ2n) is 11.0. The van der Waals surface area contributed by atoms with E-state index < -0.39 is 0 Å². The minimum absolute atomic E-state index is 0. The molecule has 0 bridgehead atoms. The zero-order valence-electron chi connectivity index (χ0n) is 28.8. The van der Waals surface area contributed by atoms with E-state index in [1.165, 1.54) is 61.7 Å². The molecule has 0 aliphatic carbocycles. The number of fused-ring (bicyclic) bond motifs is 2. The standard InChI is InChI=1S/2C16H12N.2C5H8O2.2Ir/c1-12-11-16(13-7-3-2-4-8-13)17-15-10-6-5-9-14(12)15;1-12-11-14-9-5-6-10-15(14)17-16(12)13-7-3-2-4-8-13;2*1-4(6)3-5(2)7;;/h2*2-7,9-11H,1H3;2*3,6H,1-2H3;;/q2*-1;;;;. The van der Waals surface area contributed by atoms with Crippen LogP contribution in [0, 0.1) is 26.0 Å². The number of aromatic nitrogens is 2. The van der Waals surface area contributed by atoms with Crippen molar-refractivity contribution in [3.05, 3.63) is 156 Å². The van der Waals surface area contributed by atoms with E-state index in [9.17, 15) is 9.59 Å². The number of carbonyl (C=O) groups is 2. The molecule has 6 aromatic rings. The molecule has 0 spiro atoms. The fourth-order valence-corrected chi connectivity index (χ4v) is 4.66. The van der Waals surface area contributed by atoms with Gasteiger partial charge in [-0.05, 0) is 76.0 Å². The Bertz CT molecular complexity index is 2010. The number of rotatable bonds is 4. The number of carbonyl (C=O) groups excluding carboxylic acids is 2. The predicted molar refractivity (Wildman–Crippen MR) is 196 cm³/mol. The van der Waals surface area contributed by atoms with Gasteiger partial charge in [0.15, 0.2) is 11.6 Å². The van der Waals surface area contributed by atoms with Crippen LogP contribution in [0.4, 0.5) is 0 Å². The summed E-state index contributed by atoms with van der Waals surface area (Å²) in [5, 5.41) is 19.1. The Morgan fingerprint density at radius 1 is 0.600 bits per heavy atom. The van der Waals surface area contributed by atoms with Gasteiger partial charge in [-0.15, -0.1) is 71.8 Å². The van der Waals surface area contributed by atoms with Crippen molar-refractivity contribution in [1.29, 1.82) is 0 Å². The Kier molecular flexibility index (Phi) is 19.3. The average Bonchev–Trinajstić information content (AvgIpc) is 3.05. The number of benzene rings is 4. The first-order chi connectivity index (χ1) is 22.9. The summed E-state index contributed by atoms with van der Waals surface area (Å²) in [7, 11) is 0. The van der Waals surface area contributed by atoms with Gasteiger partial charge in [-0.2, -0.15) is 0 Å². The maximum atomic E-state index is 10.0. The van der Waals surface area contributed by atoms with E-state index in [0.29, 0.717) is 0 Å². The van der Waals surface area contributed by atoms with Crippen molar-refractivity contribution >= 4 is 33.4 Å². The van der Waals surface area contributed by atoms with Gasteiger partial charge in [0.1, 0.15) is 0 Å². The summed E-state index contributed by atoms with van der Waals surface area (Å²) in [6.45, 7) is 9.91. The molecule has 2 radical (unpaired) electrons. The van der Waals surface area contributed by atoms with Gasteiger partial charge >= 0.3 is 0 Å². The summed E-state index contributed by atoms with van der Waals surface area (Å²) in [5.74, 6) is -0.125. The monoisotopic (exact) mass is 1020 g/mol. The molecular weight excluding hydrogens is 981 g/mol. The molecule has 0 unspecified atom stereocenters. The van der Waals surface area contributed by atoms with Crippen LogP contribution in [0.3, 0.4) is 0 Å². The minimum Gasteiger partial charge on any atom is -0.512 e. The van der Waals surface area contributed by atoms with E-state index in [0.717, 1.165) is 33.5 Å². The summed E-state index contributed by atoms with van der Waals surface area (Å²) in [6.07, 6.45) is 2.33. The van der Waals surface area contributed by atoms with Crippen molar-refractivity contribution in [1.82, 2.24) is 9.97 Å². The van der Waals surface area contributed by atoms with E-state index in [2.05, 4.69) is 61.3 Å². The molecule has 2 N–H and O–H groups in total. The van der Waals surface area contributed by atoms with E-state index in [1.807, 2.05) is 78.9 Å². The quantitative estimate of drug-likeness (QED) is 0.104. The molecule has 0 saturated heterocycles. The van der Waals surface area contributed by atoms with Crippen LogP contribution in [0.1, 0.15) is 38.8 Å². The van der Waals surface area contributed by atoms with Gasteiger partial charge in [0.25, 0.3) is 0 Å². The fourth-order valence-electron chi connectivity index (χ4n) is 4.66. The van der Waals surface area contributed by atoms with E-state index in [1.54, 1.807) is 0 Å². The third-order valence-electron chi connectivity index (χ3n) is 6.61. The molecule has 50 heavy (non-hydrogen) atoms. The minimum atomic E-state index is -0.125. The number of allylic oxidation sites excluding steroid dienone is 4. The number of aliphatic hydroxyl groups excluding tert-OH is 2. The normalized spacial score (nSPS) is 10.4. The Labute approximate surface area is 321 Å². The van der Waals surface area contributed by atoms with Gasteiger partial charge in [0.05, 0.1) is 22.6 Å². The Hall–Kier alpha value is -4.58. The number of nitrogens with zero attached hydrogens (tertiary/aromatic N) is 2. The molecule has 0 atom stereocenters. The Morgan fingerprint density at radius 3 is 1.60 bits per heavy atom. The van der Waals surface area contributed by atoms with Gasteiger partial charge in [-0.1, -0.05) is 54.1 Å². The van der Waals surface area contributed by atoms with Gasteiger partial charge in [-0.3, -0.25) is 19.6 Å². The van der Waals surface area contributed by atoms with Gasteiger partial charge in [-0.25, -0.2) is 0 Å². The van der Waals surface area contributed by atoms with Gasteiger partial charge < -0.3 is 10.2 Å². The molecule has 262 valence electrons. The molecule has 0 amide bonds. The first-order valence-corrected chi connectivity index (χ1v) is 15.4. The van der Waals surface area contributed by atoms with E-state index in [-0.39, 0.29) is 63.3 Å². The number of ketones is 2. The zero-order valence-corrected chi connectivity index (χ0v) is 33.6. The number of para-hydroxylation sites is 2. The van der Waals surface area contributed by atoms with Crippen LogP contribution < -0.4 is 0 Å². The SMILES string of the molecule is CC(=O)C=C(C)O.CC(=O)C=C(C)O.Cc1cc(-c2[c-]cccc2)nc2ccccc12.Cc1cc2ccccc2nc1-c1[c-]cccc1.[Ir].[Ir]. The molecule has 6 rings (SSSR count). The van der Waals surface area contributed by atoms with Crippen molar-refractivity contribution in [2.45, 2.75) is 41.5 Å². The van der Waals surface area contributed by atoms with Crippen LogP contribution in [0.2, 0.25) is 0 Å². The molecule has 0 fully saturated rings. The van der Waals surface area contributed by atoms with Gasteiger partial charge in [0.2, 0.25) is 0 Å². The molecule has 4 aromatic carbocycles. The summed E-state index contributed by atoms with van der Waals surface area (Å²) in [5.41, 5.74) is 8.61. The number of hydrogen-bond acceptors (Lipinski definition) is 6. The number of pyridine rings is 2. The maximum Gasteiger partial charge on any atom is 0.155 e. The van der Waals surface area contributed by atoms with Crippen LogP contribution >= 0.6 is 0 Å². The second-order valence-corrected chi connectivity index (χ2v) is 11.0.